The number of likely N-dealkylation sites (N-methyl/N-ethyl adjacent to an activating group) is 1. The summed E-state index contributed by atoms with van der Waals surface area (Å²) in [5, 5.41) is 30.8. The van der Waals surface area contributed by atoms with Gasteiger partial charge in [0.1, 0.15) is 53.1 Å². The average Bonchev–Trinajstić information content (AvgIpc) is 3.21. The molecule has 0 aromatic carbocycles. The molecule has 1 aliphatic heterocycles. The first-order valence-electron chi connectivity index (χ1n) is 22.0. The van der Waals surface area contributed by atoms with E-state index in [1.807, 2.05) is 12.2 Å². The van der Waals surface area contributed by atoms with Crippen LogP contribution in [-0.4, -0.2) is 125 Å². The van der Waals surface area contributed by atoms with Gasteiger partial charge >= 0.3 is 0 Å². The first-order chi connectivity index (χ1) is 29.7. The quantitative estimate of drug-likeness (QED) is 0.0788. The molecule has 21 nitrogen and oxygen atoms in total. The van der Waals surface area contributed by atoms with Crippen molar-refractivity contribution in [3.8, 4) is 0 Å². The predicted molar refractivity (Wildman–Crippen MR) is 237 cm³/mol. The van der Waals surface area contributed by atoms with Crippen molar-refractivity contribution in [2.75, 3.05) is 7.05 Å². The molecule has 362 valence electrons. The van der Waals surface area contributed by atoms with E-state index in [4.69, 9.17) is 11.5 Å². The molecular weight excluding hydrogens is 833 g/mol. The first kappa shape index (κ1) is 56.6. The van der Waals surface area contributed by atoms with Crippen LogP contribution in [0.4, 0.5) is 0 Å². The number of nitrogens with one attached hydrogen (secondary N) is 8. The fourth-order valence-electron chi connectivity index (χ4n) is 6.76. The number of allylic oxidation sites excluding steroid dienone is 2. The van der Waals surface area contributed by atoms with E-state index in [0.717, 1.165) is 0 Å². The topological polar surface area (TPSA) is 339 Å². The van der Waals surface area contributed by atoms with Gasteiger partial charge in [-0.3, -0.25) is 47.9 Å². The van der Waals surface area contributed by atoms with Gasteiger partial charge in [-0.05, 0) is 91.4 Å². The van der Waals surface area contributed by atoms with Crippen LogP contribution in [0.3, 0.4) is 0 Å². The van der Waals surface area contributed by atoms with Crippen molar-refractivity contribution in [2.24, 2.45) is 23.3 Å². The zero-order chi connectivity index (χ0) is 49.1. The van der Waals surface area contributed by atoms with Crippen LogP contribution in [0.15, 0.2) is 12.2 Å². The Morgan fingerprint density at radius 2 is 1.45 bits per heavy atom. The van der Waals surface area contributed by atoms with Gasteiger partial charge in [-0.2, -0.15) is 0 Å². The molecule has 0 saturated carbocycles. The highest BCUT2D eigenvalue weighted by atomic mass is 16.3. The number of carbonyl (C=O) groups excluding carboxylic acids is 10. The Kier molecular flexibility index (Phi) is 23.3. The van der Waals surface area contributed by atoms with Crippen molar-refractivity contribution in [1.82, 2.24) is 42.5 Å². The highest BCUT2D eigenvalue weighted by molar-refractivity contribution is 6.00. The summed E-state index contributed by atoms with van der Waals surface area (Å²) < 4.78 is 0. The van der Waals surface area contributed by atoms with Crippen molar-refractivity contribution in [3.63, 3.8) is 0 Å². The van der Waals surface area contributed by atoms with Crippen LogP contribution in [-0.2, 0) is 47.9 Å². The molecule has 0 unspecified atom stereocenters. The molecule has 21 heteroatoms. The summed E-state index contributed by atoms with van der Waals surface area (Å²) in [6.07, 6.45) is 3.27. The summed E-state index contributed by atoms with van der Waals surface area (Å²) in [5.74, 6) is -8.23. The Balaban J connectivity index is 3.75. The smallest absolute Gasteiger partial charge is 0.246 e. The van der Waals surface area contributed by atoms with Crippen LogP contribution in [0.25, 0.3) is 0 Å². The summed E-state index contributed by atoms with van der Waals surface area (Å²) in [5.41, 5.74) is 7.74. The van der Waals surface area contributed by atoms with E-state index in [0.29, 0.717) is 32.1 Å². The number of ketones is 1. The molecular formula is C43H74N10O11. The maximum absolute atomic E-state index is 14.1. The Morgan fingerprint density at radius 3 is 1.97 bits per heavy atom. The highest BCUT2D eigenvalue weighted by Crippen LogP contribution is 2.20. The maximum atomic E-state index is 14.1. The van der Waals surface area contributed by atoms with Gasteiger partial charge in [-0.25, -0.2) is 0 Å². The molecule has 0 saturated heterocycles. The summed E-state index contributed by atoms with van der Waals surface area (Å²) in [4.78, 5) is 133. The van der Waals surface area contributed by atoms with Crippen LogP contribution >= 0.6 is 0 Å². The van der Waals surface area contributed by atoms with Crippen molar-refractivity contribution in [2.45, 2.75) is 180 Å². The van der Waals surface area contributed by atoms with Gasteiger partial charge in [0.05, 0.1) is 6.10 Å². The van der Waals surface area contributed by atoms with Crippen molar-refractivity contribution in [1.29, 1.82) is 0 Å². The summed E-state index contributed by atoms with van der Waals surface area (Å²) in [6, 6.07) is -7.82. The van der Waals surface area contributed by atoms with Gasteiger partial charge < -0.3 is 59.1 Å². The number of hydrogen-bond donors (Lipinski definition) is 11. The number of nitrogens with two attached hydrogens (primary N) is 2. The van der Waals surface area contributed by atoms with Crippen molar-refractivity contribution < 1.29 is 53.1 Å². The first-order valence-corrected chi connectivity index (χ1v) is 22.0. The van der Waals surface area contributed by atoms with E-state index in [2.05, 4.69) is 42.5 Å². The third-order valence-corrected chi connectivity index (χ3v) is 11.3. The van der Waals surface area contributed by atoms with E-state index in [1.54, 1.807) is 27.7 Å². The normalized spacial score (nSPS) is 26.0. The third-order valence-electron chi connectivity index (χ3n) is 11.3. The number of amides is 9. The monoisotopic (exact) mass is 907 g/mol. The maximum Gasteiger partial charge on any atom is 0.246 e. The average molecular weight is 907 g/mol. The lowest BCUT2D eigenvalue weighted by Gasteiger charge is -2.34. The minimum atomic E-state index is -1.72. The van der Waals surface area contributed by atoms with Crippen LogP contribution in [0.1, 0.15) is 127 Å². The van der Waals surface area contributed by atoms with Crippen molar-refractivity contribution >= 4 is 58.9 Å². The molecule has 10 atom stereocenters. The second-order valence-electron chi connectivity index (χ2n) is 17.6. The molecule has 13 N–H and O–H groups in total. The van der Waals surface area contributed by atoms with E-state index in [-0.39, 0.29) is 31.6 Å². The zero-order valence-electron chi connectivity index (χ0n) is 39.1. The lowest BCUT2D eigenvalue weighted by Crippen LogP contribution is -2.65. The molecule has 0 aromatic heterocycles. The molecule has 0 fully saturated rings. The van der Waals surface area contributed by atoms with Gasteiger partial charge in [-0.1, -0.05) is 46.3 Å². The lowest BCUT2D eigenvalue weighted by molar-refractivity contribution is -0.139. The van der Waals surface area contributed by atoms with Gasteiger partial charge in [0, 0.05) is 19.9 Å². The fraction of sp³-hybridized carbons (Fsp3) is 0.721. The van der Waals surface area contributed by atoms with Gasteiger partial charge in [0.2, 0.25) is 53.2 Å². The molecule has 0 aliphatic carbocycles. The van der Waals surface area contributed by atoms with Crippen LogP contribution in [0.5, 0.6) is 0 Å². The second-order valence-corrected chi connectivity index (χ2v) is 17.6. The molecule has 1 heterocycles. The van der Waals surface area contributed by atoms with Crippen LogP contribution in [0, 0.1) is 11.8 Å². The number of carbonyl (C=O) groups is 10. The summed E-state index contributed by atoms with van der Waals surface area (Å²) >= 11 is 0. The second kappa shape index (κ2) is 26.4. The zero-order valence-corrected chi connectivity index (χ0v) is 39.1. The minimum absolute atomic E-state index is 0.00892. The Morgan fingerprint density at radius 1 is 0.859 bits per heavy atom. The van der Waals surface area contributed by atoms with Crippen LogP contribution < -0.4 is 54.0 Å². The van der Waals surface area contributed by atoms with E-state index < -0.39 is 125 Å². The van der Waals surface area contributed by atoms with Crippen LogP contribution in [0.2, 0.25) is 0 Å². The third kappa shape index (κ3) is 18.0. The number of primary amides is 1. The lowest BCUT2D eigenvalue weighted by atomic mass is 9.91. The van der Waals surface area contributed by atoms with Gasteiger partial charge in [0.25, 0.3) is 0 Å². The molecule has 0 bridgehead atoms. The summed E-state index contributed by atoms with van der Waals surface area (Å²) in [7, 11) is 1.43. The predicted octanol–water partition coefficient (Wildman–Crippen LogP) is -1.51. The molecule has 0 aromatic rings. The van der Waals surface area contributed by atoms with Gasteiger partial charge in [0.15, 0.2) is 0 Å². The number of aliphatic hydroxyl groups excluding tert-OH is 1. The Bertz CT molecular complexity index is 1720. The van der Waals surface area contributed by atoms with E-state index in [9.17, 15) is 53.1 Å². The highest BCUT2D eigenvalue weighted by Gasteiger charge is 2.42. The summed E-state index contributed by atoms with van der Waals surface area (Å²) in [6.45, 7) is 13.7. The molecule has 9 amide bonds. The molecule has 0 radical (unpaired) electrons. The number of hydrogen-bond acceptors (Lipinski definition) is 12. The molecule has 64 heavy (non-hydrogen) atoms. The number of Topliss-reactive ketones (excluding diaryl/α,β-unsaturated/α-hetero) is 1. The largest absolute Gasteiger partial charge is 0.391 e. The van der Waals surface area contributed by atoms with Gasteiger partial charge in [-0.15, -0.1) is 0 Å². The number of rotatable bonds is 16. The van der Waals surface area contributed by atoms with Crippen molar-refractivity contribution in [3.05, 3.63) is 12.2 Å². The Hall–Kier alpha value is -5.44. The Labute approximate surface area is 376 Å². The molecule has 1 rings (SSSR count). The van der Waals surface area contributed by atoms with E-state index in [1.165, 1.54) is 41.7 Å². The minimum Gasteiger partial charge on any atom is -0.391 e. The molecule has 1 aliphatic rings. The SMILES string of the molecule is CC[C@H](C)[C@@H]1NC(=O)[C@H](C)NC(=O)[C@@](C)(NC(=O)[C@H](CCC(N)=O)NC(=O)[C@H](N)[C@@H](C)O)CCC/C=C/CCC[C@@](C)(C(=O)N[C@H](C(=O)NC)C(C)C)NC(=O)[C@H](CC(C)=O)NC1=O. The molecule has 0 spiro atoms. The fourth-order valence-corrected chi connectivity index (χ4v) is 6.76. The number of aliphatic hydroxyl groups is 1. The standard InChI is InChI=1S/C43H74N10O11/c1-11-24(4)33-39(62)49-29(22-25(5)54)36(59)53-43(9,41(64)51-32(23(2)3)38(61)46-10)21-17-15-13-12-14-16-20-42(8,40(63)47-26(6)34(57)50-33)52-35(58)28(18-19-30(44)56)48-37(60)31(45)27(7)55/h12-13,23-24,26-29,31-33,55H,11,14-22,45H2,1-10H3,(H2,44,56)(H,46,61)(H,47,63)(H,48,60)(H,49,62)(H,50,57)(H,51,64)(H,52,58)(H,53,59)/b13-12+/t24-,26-,27+,28-,29-,31+,32-,33-,42-,43-/m0/s1. The van der Waals surface area contributed by atoms with E-state index >= 15 is 0 Å².